The van der Waals surface area contributed by atoms with E-state index < -0.39 is 28.7 Å². The van der Waals surface area contributed by atoms with Gasteiger partial charge in [-0.1, -0.05) is 53.2 Å². The number of hydrogen-bond donors (Lipinski definition) is 1. The van der Waals surface area contributed by atoms with Crippen LogP contribution >= 0.6 is 15.9 Å². The van der Waals surface area contributed by atoms with Gasteiger partial charge in [-0.25, -0.2) is 4.31 Å². The summed E-state index contributed by atoms with van der Waals surface area (Å²) in [6, 6.07) is 15.0. The van der Waals surface area contributed by atoms with Gasteiger partial charge in [0.05, 0.1) is 5.69 Å². The number of rotatable bonds is 11. The molecule has 8 nitrogen and oxygen atoms in total. The van der Waals surface area contributed by atoms with Crippen molar-refractivity contribution in [1.29, 1.82) is 0 Å². The van der Waals surface area contributed by atoms with Crippen molar-refractivity contribution in [2.75, 3.05) is 24.9 Å². The minimum atomic E-state index is -3.96. The third kappa shape index (κ3) is 7.28. The number of carbonyl (C=O) groups is 2. The van der Waals surface area contributed by atoms with Crippen LogP contribution in [0.15, 0.2) is 59.1 Å². The third-order valence-corrected chi connectivity index (χ3v) is 7.79. The number of amides is 2. The monoisotopic (exact) mass is 552 g/mol. The number of carbonyl (C=O) groups excluding carboxylic acids is 2. The Morgan fingerprint density at radius 1 is 1.03 bits per heavy atom. The minimum Gasteiger partial charge on any atom is -0.352 e. The summed E-state index contributed by atoms with van der Waals surface area (Å²) in [5.41, 5.74) is 1.18. The lowest BCUT2D eigenvalue weighted by molar-refractivity contribution is -0.139. The summed E-state index contributed by atoms with van der Waals surface area (Å²) in [5.74, 6) is -0.777. The van der Waals surface area contributed by atoms with Crippen LogP contribution in [0.1, 0.15) is 32.8 Å². The maximum Gasteiger partial charge on any atom is 0.304 e. The number of anilines is 1. The van der Waals surface area contributed by atoms with Gasteiger partial charge >= 0.3 is 10.2 Å². The molecule has 0 aromatic heterocycles. The number of benzene rings is 2. The van der Waals surface area contributed by atoms with Gasteiger partial charge in [0.25, 0.3) is 0 Å². The zero-order chi connectivity index (χ0) is 25.5. The van der Waals surface area contributed by atoms with Crippen LogP contribution in [0.5, 0.6) is 0 Å². The van der Waals surface area contributed by atoms with Crippen molar-refractivity contribution in [3.05, 3.63) is 64.6 Å². The summed E-state index contributed by atoms with van der Waals surface area (Å²) in [7, 11) is -1.13. The van der Waals surface area contributed by atoms with Gasteiger partial charge in [-0.3, -0.25) is 9.59 Å². The molecule has 1 N–H and O–H groups in total. The van der Waals surface area contributed by atoms with E-state index in [1.54, 1.807) is 37.3 Å². The second-order valence-corrected chi connectivity index (χ2v) is 11.3. The van der Waals surface area contributed by atoms with E-state index in [0.717, 1.165) is 25.1 Å². The number of nitrogens with zero attached hydrogens (tertiary/aromatic N) is 3. The molecule has 0 spiro atoms. The largest absolute Gasteiger partial charge is 0.352 e. The highest BCUT2D eigenvalue weighted by Crippen LogP contribution is 2.21. The molecule has 10 heteroatoms. The highest BCUT2D eigenvalue weighted by atomic mass is 79.9. The van der Waals surface area contributed by atoms with Gasteiger partial charge in [0.2, 0.25) is 11.8 Å². The van der Waals surface area contributed by atoms with E-state index in [4.69, 9.17) is 0 Å². The summed E-state index contributed by atoms with van der Waals surface area (Å²) in [5, 5.41) is 2.91. The first-order chi connectivity index (χ1) is 16.0. The zero-order valence-electron chi connectivity index (χ0n) is 20.2. The first-order valence-corrected chi connectivity index (χ1v) is 13.3. The van der Waals surface area contributed by atoms with Gasteiger partial charge in [0.1, 0.15) is 12.6 Å². The minimum absolute atomic E-state index is 0.0484. The molecule has 0 heterocycles. The van der Waals surface area contributed by atoms with E-state index >= 15 is 0 Å². The molecule has 0 bridgehead atoms. The van der Waals surface area contributed by atoms with E-state index in [1.165, 1.54) is 19.0 Å². The summed E-state index contributed by atoms with van der Waals surface area (Å²) in [6.07, 6.45) is 0.751. The van der Waals surface area contributed by atoms with E-state index in [0.29, 0.717) is 5.69 Å². The van der Waals surface area contributed by atoms with E-state index in [1.807, 2.05) is 38.1 Å². The lowest BCUT2D eigenvalue weighted by atomic mass is 10.1. The van der Waals surface area contributed by atoms with Crippen molar-refractivity contribution in [3.63, 3.8) is 0 Å². The number of hydrogen-bond acceptors (Lipinski definition) is 4. The average Bonchev–Trinajstić information content (AvgIpc) is 2.80. The zero-order valence-corrected chi connectivity index (χ0v) is 22.6. The third-order valence-electron chi connectivity index (χ3n) is 5.47. The Labute approximate surface area is 211 Å². The van der Waals surface area contributed by atoms with Crippen molar-refractivity contribution >= 4 is 43.6 Å². The molecular formula is C24H33BrN4O4S. The number of halogens is 1. The summed E-state index contributed by atoms with van der Waals surface area (Å²) >= 11 is 3.43. The van der Waals surface area contributed by atoms with Crippen LogP contribution in [-0.4, -0.2) is 62.2 Å². The Morgan fingerprint density at radius 3 is 2.24 bits per heavy atom. The van der Waals surface area contributed by atoms with Crippen molar-refractivity contribution in [1.82, 2.24) is 14.5 Å². The van der Waals surface area contributed by atoms with Crippen molar-refractivity contribution in [2.24, 2.45) is 0 Å². The second-order valence-electron chi connectivity index (χ2n) is 8.28. The Hall–Kier alpha value is -2.43. The molecule has 2 atom stereocenters. The van der Waals surface area contributed by atoms with Crippen LogP contribution in [0.3, 0.4) is 0 Å². The molecular weight excluding hydrogens is 520 g/mol. The fourth-order valence-electron chi connectivity index (χ4n) is 3.19. The van der Waals surface area contributed by atoms with Crippen molar-refractivity contribution in [3.8, 4) is 0 Å². The predicted octanol–water partition coefficient (Wildman–Crippen LogP) is 3.39. The summed E-state index contributed by atoms with van der Waals surface area (Å²) in [4.78, 5) is 27.9. The van der Waals surface area contributed by atoms with E-state index in [9.17, 15) is 18.0 Å². The molecule has 2 rings (SSSR count). The van der Waals surface area contributed by atoms with E-state index in [2.05, 4.69) is 21.2 Å². The van der Waals surface area contributed by atoms with Gasteiger partial charge in [-0.15, -0.1) is 0 Å². The lowest BCUT2D eigenvalue weighted by Gasteiger charge is -2.33. The molecule has 0 aliphatic carbocycles. The first kappa shape index (κ1) is 27.8. The molecule has 2 aromatic rings. The van der Waals surface area contributed by atoms with Gasteiger partial charge in [0.15, 0.2) is 0 Å². The van der Waals surface area contributed by atoms with Gasteiger partial charge in [-0.05, 0) is 50.1 Å². The van der Waals surface area contributed by atoms with Crippen LogP contribution in [-0.2, 0) is 26.3 Å². The smallest absolute Gasteiger partial charge is 0.304 e. The molecule has 2 aromatic carbocycles. The predicted molar refractivity (Wildman–Crippen MR) is 138 cm³/mol. The number of nitrogens with one attached hydrogen (secondary N) is 1. The normalized spacial score (nSPS) is 13.3. The van der Waals surface area contributed by atoms with Gasteiger partial charge in [-0.2, -0.15) is 12.7 Å². The highest BCUT2D eigenvalue weighted by Gasteiger charge is 2.32. The van der Waals surface area contributed by atoms with Crippen molar-refractivity contribution in [2.45, 2.75) is 45.8 Å². The fraction of sp³-hybridized carbons (Fsp3) is 0.417. The lowest BCUT2D eigenvalue weighted by Crippen LogP contribution is -2.53. The second kappa shape index (κ2) is 12.3. The van der Waals surface area contributed by atoms with Gasteiger partial charge in [0, 0.05) is 31.2 Å². The van der Waals surface area contributed by atoms with Gasteiger partial charge < -0.3 is 10.2 Å². The molecule has 0 fully saturated rings. The Bertz CT molecular complexity index is 1080. The average molecular weight is 554 g/mol. The SMILES string of the molecule is CCC(C)NC(=O)C(C)N(Cc1cccc(Br)c1)C(=O)CN(c1ccccc1)S(=O)(=O)N(C)C. The summed E-state index contributed by atoms with van der Waals surface area (Å²) < 4.78 is 29.1. The molecule has 0 radical (unpaired) electrons. The molecule has 0 aliphatic rings. The Kier molecular flexibility index (Phi) is 10.1. The number of para-hydroxylation sites is 1. The standard InChI is InChI=1S/C24H33BrN4O4S/c1-6-18(2)26-24(31)19(3)28(16-20-11-10-12-21(25)15-20)23(30)17-29(34(32,33)27(4)5)22-13-8-7-9-14-22/h7-15,18-19H,6,16-17H2,1-5H3,(H,26,31). The van der Waals surface area contributed by atoms with Crippen molar-refractivity contribution < 1.29 is 18.0 Å². The quantitative estimate of drug-likeness (QED) is 0.462. The highest BCUT2D eigenvalue weighted by molar-refractivity contribution is 9.10. The Morgan fingerprint density at radius 2 is 1.68 bits per heavy atom. The van der Waals surface area contributed by atoms with E-state index in [-0.39, 0.29) is 18.5 Å². The molecule has 0 saturated carbocycles. The fourth-order valence-corrected chi connectivity index (χ4v) is 4.69. The van der Waals surface area contributed by atoms with Crippen LogP contribution in [0.2, 0.25) is 0 Å². The van der Waals surface area contributed by atoms with Crippen LogP contribution in [0.4, 0.5) is 5.69 Å². The molecule has 2 amide bonds. The summed E-state index contributed by atoms with van der Waals surface area (Å²) in [6.45, 7) is 5.22. The maximum atomic E-state index is 13.6. The molecule has 34 heavy (non-hydrogen) atoms. The van der Waals surface area contributed by atoms with Crippen LogP contribution in [0, 0.1) is 0 Å². The Balaban J connectivity index is 2.42. The maximum absolute atomic E-state index is 13.6. The molecule has 186 valence electrons. The first-order valence-electron chi connectivity index (χ1n) is 11.1. The molecule has 0 aliphatic heterocycles. The topological polar surface area (TPSA) is 90.0 Å². The van der Waals surface area contributed by atoms with Crippen LogP contribution in [0.25, 0.3) is 0 Å². The van der Waals surface area contributed by atoms with Crippen LogP contribution < -0.4 is 9.62 Å². The molecule has 2 unspecified atom stereocenters. The molecule has 0 saturated heterocycles.